The molecule has 2 rings (SSSR count). The highest BCUT2D eigenvalue weighted by Gasteiger charge is 2.52. The number of amides is 2. The second-order valence-corrected chi connectivity index (χ2v) is 4.73. The van der Waals surface area contributed by atoms with Gasteiger partial charge in [-0.1, -0.05) is 43.7 Å². The van der Waals surface area contributed by atoms with Gasteiger partial charge in [-0.3, -0.25) is 14.9 Å². The summed E-state index contributed by atoms with van der Waals surface area (Å²) in [7, 11) is 0. The SMILES string of the molecule is CCC[C@H]1C(=O)NC(=O)[C@@]1(C)c1ccccc1. The number of benzene rings is 1. The van der Waals surface area contributed by atoms with E-state index in [4.69, 9.17) is 0 Å². The van der Waals surface area contributed by atoms with Crippen molar-refractivity contribution >= 4 is 11.8 Å². The number of hydrogen-bond donors (Lipinski definition) is 1. The van der Waals surface area contributed by atoms with Gasteiger partial charge in [-0.05, 0) is 18.9 Å². The van der Waals surface area contributed by atoms with Crippen molar-refractivity contribution in [1.82, 2.24) is 5.32 Å². The van der Waals surface area contributed by atoms with E-state index in [-0.39, 0.29) is 17.7 Å². The lowest BCUT2D eigenvalue weighted by Crippen LogP contribution is -2.36. The molecule has 0 bridgehead atoms. The van der Waals surface area contributed by atoms with Crippen LogP contribution >= 0.6 is 0 Å². The molecule has 1 aromatic rings. The fourth-order valence-corrected chi connectivity index (χ4v) is 2.57. The quantitative estimate of drug-likeness (QED) is 0.809. The summed E-state index contributed by atoms with van der Waals surface area (Å²) >= 11 is 0. The first-order chi connectivity index (χ1) is 8.10. The maximum atomic E-state index is 12.1. The first kappa shape index (κ1) is 11.8. The van der Waals surface area contributed by atoms with Crippen molar-refractivity contribution in [2.45, 2.75) is 32.1 Å². The first-order valence-electron chi connectivity index (χ1n) is 6.01. The normalized spacial score (nSPS) is 28.2. The fourth-order valence-electron chi connectivity index (χ4n) is 2.57. The van der Waals surface area contributed by atoms with Gasteiger partial charge in [0.25, 0.3) is 0 Å². The second-order valence-electron chi connectivity index (χ2n) is 4.73. The Kier molecular flexibility index (Phi) is 3.01. The molecule has 0 aromatic heterocycles. The Bertz CT molecular complexity index is 441. The van der Waals surface area contributed by atoms with Gasteiger partial charge in [0.1, 0.15) is 0 Å². The summed E-state index contributed by atoms with van der Waals surface area (Å²) in [6, 6.07) is 9.55. The van der Waals surface area contributed by atoms with E-state index in [2.05, 4.69) is 5.32 Å². The average Bonchev–Trinajstić information content (AvgIpc) is 2.55. The third-order valence-corrected chi connectivity index (χ3v) is 3.67. The molecule has 1 fully saturated rings. The van der Waals surface area contributed by atoms with Crippen molar-refractivity contribution in [2.24, 2.45) is 5.92 Å². The molecule has 3 heteroatoms. The van der Waals surface area contributed by atoms with Gasteiger partial charge < -0.3 is 0 Å². The van der Waals surface area contributed by atoms with Crippen molar-refractivity contribution in [2.75, 3.05) is 0 Å². The van der Waals surface area contributed by atoms with E-state index < -0.39 is 5.41 Å². The fraction of sp³-hybridized carbons (Fsp3) is 0.429. The molecule has 0 saturated carbocycles. The van der Waals surface area contributed by atoms with Crippen LogP contribution in [0.1, 0.15) is 32.3 Å². The van der Waals surface area contributed by atoms with E-state index >= 15 is 0 Å². The van der Waals surface area contributed by atoms with Crippen molar-refractivity contribution in [1.29, 1.82) is 0 Å². The molecule has 1 saturated heterocycles. The van der Waals surface area contributed by atoms with Gasteiger partial charge in [0.2, 0.25) is 11.8 Å². The minimum absolute atomic E-state index is 0.136. The van der Waals surface area contributed by atoms with Crippen LogP contribution in [0.2, 0.25) is 0 Å². The maximum Gasteiger partial charge on any atom is 0.237 e. The number of imide groups is 1. The van der Waals surface area contributed by atoms with Crippen LogP contribution in [0.25, 0.3) is 0 Å². The Morgan fingerprint density at radius 2 is 1.88 bits per heavy atom. The van der Waals surface area contributed by atoms with E-state index in [0.717, 1.165) is 18.4 Å². The van der Waals surface area contributed by atoms with Gasteiger partial charge in [0.05, 0.1) is 11.3 Å². The highest BCUT2D eigenvalue weighted by atomic mass is 16.2. The number of carbonyl (C=O) groups is 2. The van der Waals surface area contributed by atoms with Crippen molar-refractivity contribution in [3.63, 3.8) is 0 Å². The lowest BCUT2D eigenvalue weighted by molar-refractivity contribution is -0.126. The molecule has 0 aliphatic carbocycles. The third-order valence-electron chi connectivity index (χ3n) is 3.67. The van der Waals surface area contributed by atoms with Crippen molar-refractivity contribution < 1.29 is 9.59 Å². The van der Waals surface area contributed by atoms with Crippen molar-refractivity contribution in [3.05, 3.63) is 35.9 Å². The first-order valence-corrected chi connectivity index (χ1v) is 6.01. The maximum absolute atomic E-state index is 12.1. The Hall–Kier alpha value is -1.64. The van der Waals surface area contributed by atoms with E-state index in [0.29, 0.717) is 0 Å². The summed E-state index contributed by atoms with van der Waals surface area (Å²) in [5, 5.41) is 2.46. The predicted octanol–water partition coefficient (Wildman–Crippen LogP) is 2.02. The van der Waals surface area contributed by atoms with Crippen LogP contribution in [0, 0.1) is 5.92 Å². The summed E-state index contributed by atoms with van der Waals surface area (Å²) in [4.78, 5) is 23.9. The summed E-state index contributed by atoms with van der Waals surface area (Å²) in [5.74, 6) is -0.558. The second kappa shape index (κ2) is 4.32. The Balaban J connectivity index is 2.46. The smallest absolute Gasteiger partial charge is 0.237 e. The van der Waals surface area contributed by atoms with Crippen LogP contribution in [0.3, 0.4) is 0 Å². The molecule has 1 aliphatic heterocycles. The van der Waals surface area contributed by atoms with Gasteiger partial charge in [-0.2, -0.15) is 0 Å². The lowest BCUT2D eigenvalue weighted by Gasteiger charge is -2.27. The molecule has 2 amide bonds. The monoisotopic (exact) mass is 231 g/mol. The van der Waals surface area contributed by atoms with Gasteiger partial charge in [-0.25, -0.2) is 0 Å². The van der Waals surface area contributed by atoms with E-state index in [1.54, 1.807) is 0 Å². The Morgan fingerprint density at radius 3 is 2.47 bits per heavy atom. The Labute approximate surface area is 101 Å². The molecule has 1 heterocycles. The van der Waals surface area contributed by atoms with Crippen LogP contribution in [-0.4, -0.2) is 11.8 Å². The highest BCUT2D eigenvalue weighted by molar-refractivity contribution is 6.10. The van der Waals surface area contributed by atoms with Gasteiger partial charge >= 0.3 is 0 Å². The predicted molar refractivity (Wildman–Crippen MR) is 65.3 cm³/mol. The Morgan fingerprint density at radius 1 is 1.24 bits per heavy atom. The molecule has 0 unspecified atom stereocenters. The molecule has 0 spiro atoms. The number of rotatable bonds is 3. The van der Waals surface area contributed by atoms with E-state index in [1.807, 2.05) is 44.2 Å². The van der Waals surface area contributed by atoms with Crippen LogP contribution < -0.4 is 5.32 Å². The lowest BCUT2D eigenvalue weighted by atomic mass is 9.72. The zero-order valence-electron chi connectivity index (χ0n) is 10.2. The summed E-state index contributed by atoms with van der Waals surface area (Å²) in [5.41, 5.74) is 0.204. The molecule has 2 atom stereocenters. The summed E-state index contributed by atoms with van der Waals surface area (Å²) in [6.07, 6.45) is 1.64. The van der Waals surface area contributed by atoms with Crippen LogP contribution in [0.5, 0.6) is 0 Å². The average molecular weight is 231 g/mol. The van der Waals surface area contributed by atoms with Gasteiger partial charge in [0, 0.05) is 0 Å². The summed E-state index contributed by atoms with van der Waals surface area (Å²) < 4.78 is 0. The van der Waals surface area contributed by atoms with Crippen LogP contribution in [-0.2, 0) is 15.0 Å². The zero-order chi connectivity index (χ0) is 12.5. The summed E-state index contributed by atoms with van der Waals surface area (Å²) in [6.45, 7) is 3.89. The number of nitrogens with one attached hydrogen (secondary N) is 1. The minimum atomic E-state index is -0.714. The van der Waals surface area contributed by atoms with Gasteiger partial charge in [0.15, 0.2) is 0 Å². The number of carbonyl (C=O) groups excluding carboxylic acids is 2. The molecular formula is C14H17NO2. The van der Waals surface area contributed by atoms with Crippen LogP contribution in [0.4, 0.5) is 0 Å². The molecule has 3 nitrogen and oxygen atoms in total. The van der Waals surface area contributed by atoms with Crippen LogP contribution in [0.15, 0.2) is 30.3 Å². The number of hydrogen-bond acceptors (Lipinski definition) is 2. The third kappa shape index (κ3) is 1.75. The molecule has 1 N–H and O–H groups in total. The van der Waals surface area contributed by atoms with Gasteiger partial charge in [-0.15, -0.1) is 0 Å². The molecule has 1 aromatic carbocycles. The minimum Gasteiger partial charge on any atom is -0.295 e. The zero-order valence-corrected chi connectivity index (χ0v) is 10.2. The molecular weight excluding hydrogens is 214 g/mol. The largest absolute Gasteiger partial charge is 0.295 e. The topological polar surface area (TPSA) is 46.2 Å². The highest BCUT2D eigenvalue weighted by Crippen LogP contribution is 2.39. The van der Waals surface area contributed by atoms with Crippen molar-refractivity contribution in [3.8, 4) is 0 Å². The molecule has 90 valence electrons. The van der Waals surface area contributed by atoms with E-state index in [1.165, 1.54) is 0 Å². The standard InChI is InChI=1S/C14H17NO2/c1-3-7-11-12(16)15-13(17)14(11,2)10-8-5-4-6-9-10/h4-6,8-9,11H,3,7H2,1-2H3,(H,15,16,17)/t11-,14-/m0/s1. The molecule has 17 heavy (non-hydrogen) atoms. The van der Waals surface area contributed by atoms with E-state index in [9.17, 15) is 9.59 Å². The molecule has 0 radical (unpaired) electrons. The molecule has 1 aliphatic rings.